The summed E-state index contributed by atoms with van der Waals surface area (Å²) >= 11 is 3.57. The Labute approximate surface area is 107 Å². The molecule has 0 amide bonds. The van der Waals surface area contributed by atoms with E-state index < -0.39 is 0 Å². The number of methoxy groups -OCH3 is 1. The van der Waals surface area contributed by atoms with E-state index in [0.717, 1.165) is 19.4 Å². The van der Waals surface area contributed by atoms with Gasteiger partial charge in [-0.3, -0.25) is 0 Å². The molecule has 0 aliphatic carbocycles. The first kappa shape index (κ1) is 13.7. The van der Waals surface area contributed by atoms with E-state index in [1.54, 1.807) is 7.11 Å². The predicted molar refractivity (Wildman–Crippen MR) is 71.8 cm³/mol. The van der Waals surface area contributed by atoms with Crippen LogP contribution in [0.1, 0.15) is 30.0 Å². The smallest absolute Gasteiger partial charge is 0.0462 e. The minimum Gasteiger partial charge on any atom is -0.385 e. The van der Waals surface area contributed by atoms with Gasteiger partial charge in [-0.25, -0.2) is 0 Å². The summed E-state index contributed by atoms with van der Waals surface area (Å²) < 4.78 is 6.27. The third-order valence-electron chi connectivity index (χ3n) is 2.87. The Bertz CT molecular complexity index is 328. The van der Waals surface area contributed by atoms with Crippen molar-refractivity contribution in [3.05, 3.63) is 33.8 Å². The van der Waals surface area contributed by atoms with Crippen LogP contribution in [0.15, 0.2) is 22.7 Å². The molecule has 16 heavy (non-hydrogen) atoms. The Morgan fingerprint density at radius 2 is 2.19 bits per heavy atom. The summed E-state index contributed by atoms with van der Waals surface area (Å²) in [5.41, 5.74) is 2.69. The van der Waals surface area contributed by atoms with Crippen LogP contribution in [-0.2, 0) is 4.74 Å². The highest BCUT2D eigenvalue weighted by molar-refractivity contribution is 9.10. The largest absolute Gasteiger partial charge is 0.385 e. The molecule has 0 radical (unpaired) electrons. The van der Waals surface area contributed by atoms with Crippen LogP contribution >= 0.6 is 15.9 Å². The number of rotatable bonds is 6. The summed E-state index contributed by atoms with van der Waals surface area (Å²) in [6.45, 7) is 2.98. The van der Waals surface area contributed by atoms with Crippen LogP contribution in [0.2, 0.25) is 0 Å². The molecule has 0 aliphatic rings. The van der Waals surface area contributed by atoms with E-state index in [9.17, 15) is 0 Å². The molecular formula is C13H20BrNO. The van der Waals surface area contributed by atoms with E-state index >= 15 is 0 Å². The summed E-state index contributed by atoms with van der Waals surface area (Å²) in [5.74, 6) is 0. The Morgan fingerprint density at radius 1 is 1.44 bits per heavy atom. The summed E-state index contributed by atoms with van der Waals surface area (Å²) in [7, 11) is 3.76. The second-order valence-electron chi connectivity index (χ2n) is 3.93. The van der Waals surface area contributed by atoms with Gasteiger partial charge < -0.3 is 10.1 Å². The molecule has 1 atom stereocenters. The summed E-state index contributed by atoms with van der Waals surface area (Å²) in [4.78, 5) is 0. The van der Waals surface area contributed by atoms with Crippen molar-refractivity contribution < 1.29 is 4.74 Å². The minimum absolute atomic E-state index is 0.410. The molecule has 3 heteroatoms. The zero-order valence-electron chi connectivity index (χ0n) is 10.2. The summed E-state index contributed by atoms with van der Waals surface area (Å²) in [5, 5.41) is 3.37. The van der Waals surface area contributed by atoms with Gasteiger partial charge in [0.05, 0.1) is 0 Å². The van der Waals surface area contributed by atoms with Crippen molar-refractivity contribution in [3.63, 3.8) is 0 Å². The lowest BCUT2D eigenvalue weighted by Gasteiger charge is -2.19. The molecule has 1 aromatic carbocycles. The maximum atomic E-state index is 5.09. The molecule has 1 N–H and O–H groups in total. The SMILES string of the molecule is CNC(CCCOC)c1cccc(Br)c1C. The van der Waals surface area contributed by atoms with Gasteiger partial charge in [-0.2, -0.15) is 0 Å². The Hall–Kier alpha value is -0.380. The lowest BCUT2D eigenvalue weighted by Crippen LogP contribution is -2.18. The highest BCUT2D eigenvalue weighted by Gasteiger charge is 2.12. The average Bonchev–Trinajstić information content (AvgIpc) is 2.29. The zero-order valence-corrected chi connectivity index (χ0v) is 11.8. The van der Waals surface area contributed by atoms with Gasteiger partial charge in [0, 0.05) is 24.2 Å². The van der Waals surface area contributed by atoms with Gasteiger partial charge in [0.15, 0.2) is 0 Å². The molecule has 1 aromatic rings. The van der Waals surface area contributed by atoms with Crippen molar-refractivity contribution in [3.8, 4) is 0 Å². The van der Waals surface area contributed by atoms with Crippen LogP contribution in [0.5, 0.6) is 0 Å². The molecule has 0 aliphatic heterocycles. The Balaban J connectivity index is 2.74. The van der Waals surface area contributed by atoms with Gasteiger partial charge in [0.25, 0.3) is 0 Å². The van der Waals surface area contributed by atoms with E-state index in [-0.39, 0.29) is 0 Å². The molecule has 1 unspecified atom stereocenters. The van der Waals surface area contributed by atoms with Crippen LogP contribution < -0.4 is 5.32 Å². The first-order valence-electron chi connectivity index (χ1n) is 5.62. The van der Waals surface area contributed by atoms with Crippen molar-refractivity contribution >= 4 is 15.9 Å². The van der Waals surface area contributed by atoms with E-state index in [1.807, 2.05) is 7.05 Å². The third kappa shape index (κ3) is 3.58. The van der Waals surface area contributed by atoms with Crippen molar-refractivity contribution in [1.29, 1.82) is 0 Å². The molecule has 90 valence electrons. The summed E-state index contributed by atoms with van der Waals surface area (Å²) in [6, 6.07) is 6.77. The number of benzene rings is 1. The predicted octanol–water partition coefficient (Wildman–Crippen LogP) is 3.44. The fraction of sp³-hybridized carbons (Fsp3) is 0.538. The number of halogens is 1. The second-order valence-corrected chi connectivity index (χ2v) is 4.78. The molecule has 0 bridgehead atoms. The first-order valence-corrected chi connectivity index (χ1v) is 6.41. The Kier molecular flexibility index (Phi) is 6.03. The molecular weight excluding hydrogens is 266 g/mol. The molecule has 0 heterocycles. The van der Waals surface area contributed by atoms with Gasteiger partial charge in [-0.1, -0.05) is 28.1 Å². The topological polar surface area (TPSA) is 21.3 Å². The van der Waals surface area contributed by atoms with Crippen molar-refractivity contribution in [2.75, 3.05) is 20.8 Å². The number of nitrogens with one attached hydrogen (secondary N) is 1. The van der Waals surface area contributed by atoms with Crippen LogP contribution in [0, 0.1) is 6.92 Å². The molecule has 0 aromatic heterocycles. The molecule has 0 saturated heterocycles. The zero-order chi connectivity index (χ0) is 12.0. The lowest BCUT2D eigenvalue weighted by molar-refractivity contribution is 0.189. The van der Waals surface area contributed by atoms with E-state index in [2.05, 4.69) is 46.4 Å². The minimum atomic E-state index is 0.410. The standard InChI is InChI=1S/C13H20BrNO/c1-10-11(6-4-7-12(10)14)13(15-2)8-5-9-16-3/h4,6-7,13,15H,5,8-9H2,1-3H3. The highest BCUT2D eigenvalue weighted by atomic mass is 79.9. The molecule has 0 spiro atoms. The first-order chi connectivity index (χ1) is 7.70. The van der Waals surface area contributed by atoms with Crippen LogP contribution in [0.25, 0.3) is 0 Å². The van der Waals surface area contributed by atoms with Crippen molar-refractivity contribution in [2.24, 2.45) is 0 Å². The van der Waals surface area contributed by atoms with Gasteiger partial charge in [0.1, 0.15) is 0 Å². The quantitative estimate of drug-likeness (QED) is 0.809. The number of hydrogen-bond donors (Lipinski definition) is 1. The number of hydrogen-bond acceptors (Lipinski definition) is 2. The highest BCUT2D eigenvalue weighted by Crippen LogP contribution is 2.26. The van der Waals surface area contributed by atoms with E-state index in [0.29, 0.717) is 6.04 Å². The normalized spacial score (nSPS) is 12.8. The van der Waals surface area contributed by atoms with Crippen LogP contribution in [-0.4, -0.2) is 20.8 Å². The van der Waals surface area contributed by atoms with Crippen molar-refractivity contribution in [1.82, 2.24) is 5.32 Å². The van der Waals surface area contributed by atoms with E-state index in [4.69, 9.17) is 4.74 Å². The molecule has 0 fully saturated rings. The fourth-order valence-corrected chi connectivity index (χ4v) is 2.27. The van der Waals surface area contributed by atoms with Gasteiger partial charge in [-0.05, 0) is 44.0 Å². The average molecular weight is 286 g/mol. The van der Waals surface area contributed by atoms with Gasteiger partial charge in [0.2, 0.25) is 0 Å². The third-order valence-corrected chi connectivity index (χ3v) is 3.73. The van der Waals surface area contributed by atoms with Crippen LogP contribution in [0.4, 0.5) is 0 Å². The fourth-order valence-electron chi connectivity index (χ4n) is 1.89. The van der Waals surface area contributed by atoms with E-state index in [1.165, 1.54) is 15.6 Å². The molecule has 2 nitrogen and oxygen atoms in total. The second kappa shape index (κ2) is 7.05. The summed E-state index contributed by atoms with van der Waals surface area (Å²) in [6.07, 6.45) is 2.18. The van der Waals surface area contributed by atoms with Gasteiger partial charge in [-0.15, -0.1) is 0 Å². The van der Waals surface area contributed by atoms with Crippen LogP contribution in [0.3, 0.4) is 0 Å². The lowest BCUT2D eigenvalue weighted by atomic mass is 9.98. The Morgan fingerprint density at radius 3 is 2.81 bits per heavy atom. The van der Waals surface area contributed by atoms with Gasteiger partial charge >= 0.3 is 0 Å². The van der Waals surface area contributed by atoms with Crippen molar-refractivity contribution in [2.45, 2.75) is 25.8 Å². The monoisotopic (exact) mass is 285 g/mol. The maximum absolute atomic E-state index is 5.09. The molecule has 0 saturated carbocycles. The molecule has 1 rings (SSSR count). The number of ether oxygens (including phenoxy) is 1. The maximum Gasteiger partial charge on any atom is 0.0462 e.